The fraction of sp³-hybridized carbons (Fsp3) is 0.375. The zero-order valence-electron chi connectivity index (χ0n) is 30.1. The number of aliphatic hydroxyl groups excluding tert-OH is 2. The van der Waals surface area contributed by atoms with Crippen LogP contribution in [-0.4, -0.2) is 70.3 Å². The van der Waals surface area contributed by atoms with E-state index in [4.69, 9.17) is 29.2 Å². The highest BCUT2D eigenvalue weighted by Gasteiger charge is 2.15. The SMILES string of the molecule is COc1cc(OCc2cccc(-c3cccc(COc4ccc(CNC[C@@H](O)CC(=O)O)c(OC)n4)c3C)c2C)ccc1CCC[C@@H](O)CC(=O)O. The van der Waals surface area contributed by atoms with Gasteiger partial charge in [-0.2, -0.15) is 4.98 Å². The van der Waals surface area contributed by atoms with E-state index in [1.54, 1.807) is 13.2 Å². The van der Waals surface area contributed by atoms with Gasteiger partial charge < -0.3 is 44.7 Å². The molecule has 4 aromatic rings. The highest BCUT2D eigenvalue weighted by Crippen LogP contribution is 2.32. The van der Waals surface area contributed by atoms with Gasteiger partial charge in [-0.15, -0.1) is 0 Å². The summed E-state index contributed by atoms with van der Waals surface area (Å²) in [5.41, 5.74) is 8.08. The van der Waals surface area contributed by atoms with Crippen molar-refractivity contribution >= 4 is 11.9 Å². The summed E-state index contributed by atoms with van der Waals surface area (Å²) < 4.78 is 23.3. The van der Waals surface area contributed by atoms with Crippen LogP contribution in [0.25, 0.3) is 11.1 Å². The molecule has 4 rings (SSSR count). The number of rotatable bonds is 21. The summed E-state index contributed by atoms with van der Waals surface area (Å²) >= 11 is 0. The molecular formula is C40H48N2O10. The minimum Gasteiger partial charge on any atom is -0.496 e. The van der Waals surface area contributed by atoms with Gasteiger partial charge in [0.2, 0.25) is 11.8 Å². The molecule has 3 aromatic carbocycles. The molecule has 0 aliphatic heterocycles. The van der Waals surface area contributed by atoms with Crippen LogP contribution in [0.1, 0.15) is 59.1 Å². The molecule has 5 N–H and O–H groups in total. The summed E-state index contributed by atoms with van der Waals surface area (Å²) in [6, 6.07) is 21.5. The lowest BCUT2D eigenvalue weighted by Gasteiger charge is -2.17. The Bertz CT molecular complexity index is 1680. The molecule has 52 heavy (non-hydrogen) atoms. The second-order valence-electron chi connectivity index (χ2n) is 12.6. The maximum Gasteiger partial charge on any atom is 0.306 e. The number of aryl methyl sites for hydroxylation is 1. The van der Waals surface area contributed by atoms with Gasteiger partial charge in [0, 0.05) is 30.8 Å². The Balaban J connectivity index is 1.39. The molecule has 0 saturated heterocycles. The lowest BCUT2D eigenvalue weighted by atomic mass is 9.92. The Labute approximate surface area is 304 Å². The molecule has 12 nitrogen and oxygen atoms in total. The lowest BCUT2D eigenvalue weighted by molar-refractivity contribution is -0.140. The minimum absolute atomic E-state index is 0.121. The van der Waals surface area contributed by atoms with Crippen molar-refractivity contribution in [3.63, 3.8) is 0 Å². The molecule has 0 fully saturated rings. The first-order valence-corrected chi connectivity index (χ1v) is 17.1. The zero-order valence-corrected chi connectivity index (χ0v) is 30.1. The van der Waals surface area contributed by atoms with Gasteiger partial charge in [0.1, 0.15) is 24.7 Å². The Morgan fingerprint density at radius 3 is 1.98 bits per heavy atom. The van der Waals surface area contributed by atoms with Crippen LogP contribution in [-0.2, 0) is 35.8 Å². The normalized spacial score (nSPS) is 12.2. The van der Waals surface area contributed by atoms with Crippen LogP contribution in [0.5, 0.6) is 23.3 Å². The first-order valence-electron chi connectivity index (χ1n) is 17.1. The molecule has 2 atom stereocenters. The second kappa shape index (κ2) is 19.4. The van der Waals surface area contributed by atoms with Crippen LogP contribution in [0.2, 0.25) is 0 Å². The first kappa shape index (κ1) is 39.6. The van der Waals surface area contributed by atoms with Crippen molar-refractivity contribution in [2.24, 2.45) is 0 Å². The van der Waals surface area contributed by atoms with E-state index >= 15 is 0 Å². The standard InChI is InChI=1S/C40H48N2O10/c1-25-29(23-51-33-16-14-27(36(20-33)49-3)8-5-11-31(43)18-38(45)46)9-6-12-34(25)35-13-7-10-30(26(35)2)24-52-37-17-15-28(40(42-37)50-4)21-41-22-32(44)19-39(47)48/h6-7,9-10,12-17,20,31-32,41,43-44H,5,8,11,18-19,21-24H2,1-4H3,(H,45,46)(H,47,48)/t31-,32+/m1/s1. The number of carbonyl (C=O) groups is 2. The van der Waals surface area contributed by atoms with Gasteiger partial charge in [0.15, 0.2) is 0 Å². The number of hydrogen-bond acceptors (Lipinski definition) is 10. The lowest BCUT2D eigenvalue weighted by Crippen LogP contribution is -2.28. The molecule has 0 unspecified atom stereocenters. The molecular weight excluding hydrogens is 668 g/mol. The van der Waals surface area contributed by atoms with Crippen LogP contribution in [0, 0.1) is 13.8 Å². The van der Waals surface area contributed by atoms with Crippen LogP contribution >= 0.6 is 0 Å². The number of nitrogens with one attached hydrogen (secondary N) is 1. The fourth-order valence-corrected chi connectivity index (χ4v) is 5.92. The number of carboxylic acid groups (broad SMARTS) is 2. The van der Waals surface area contributed by atoms with E-state index in [-0.39, 0.29) is 26.0 Å². The second-order valence-corrected chi connectivity index (χ2v) is 12.6. The number of aliphatic hydroxyl groups is 2. The summed E-state index contributed by atoms with van der Waals surface area (Å²) in [4.78, 5) is 26.1. The molecule has 0 saturated carbocycles. The topological polar surface area (TPSA) is 177 Å². The predicted octanol–water partition coefficient (Wildman–Crippen LogP) is 5.62. The molecule has 12 heteroatoms. The zero-order chi connectivity index (χ0) is 37.6. The Kier molecular flexibility index (Phi) is 14.8. The number of nitrogens with zero attached hydrogens (tertiary/aromatic N) is 1. The van der Waals surface area contributed by atoms with Gasteiger partial charge in [-0.3, -0.25) is 9.59 Å². The van der Waals surface area contributed by atoms with Crippen LogP contribution in [0.4, 0.5) is 0 Å². The highest BCUT2D eigenvalue weighted by molar-refractivity contribution is 5.72. The third-order valence-corrected chi connectivity index (χ3v) is 8.82. The highest BCUT2D eigenvalue weighted by atomic mass is 16.5. The summed E-state index contributed by atoms with van der Waals surface area (Å²) in [7, 11) is 3.11. The Hall–Kier alpha value is -5.17. The van der Waals surface area contributed by atoms with Crippen molar-refractivity contribution in [1.29, 1.82) is 0 Å². The number of ether oxygens (including phenoxy) is 4. The molecule has 0 radical (unpaired) electrons. The fourth-order valence-electron chi connectivity index (χ4n) is 5.92. The van der Waals surface area contributed by atoms with E-state index in [1.165, 1.54) is 7.11 Å². The molecule has 0 amide bonds. The molecule has 1 aromatic heterocycles. The van der Waals surface area contributed by atoms with Gasteiger partial charge in [-0.1, -0.05) is 42.5 Å². The molecule has 0 aliphatic carbocycles. The van der Waals surface area contributed by atoms with Gasteiger partial charge >= 0.3 is 11.9 Å². The van der Waals surface area contributed by atoms with E-state index in [1.807, 2.05) is 48.5 Å². The maximum atomic E-state index is 10.8. The van der Waals surface area contributed by atoms with Gasteiger partial charge in [-0.05, 0) is 84.2 Å². The van der Waals surface area contributed by atoms with E-state index in [2.05, 4.69) is 36.3 Å². The van der Waals surface area contributed by atoms with E-state index in [0.717, 1.165) is 44.5 Å². The molecule has 0 aliphatic rings. The van der Waals surface area contributed by atoms with Gasteiger partial charge in [-0.25, -0.2) is 0 Å². The number of hydrogen-bond donors (Lipinski definition) is 5. The number of methoxy groups -OCH3 is 2. The summed E-state index contributed by atoms with van der Waals surface area (Å²) in [6.07, 6.45) is -0.790. The van der Waals surface area contributed by atoms with E-state index < -0.39 is 24.1 Å². The number of benzene rings is 3. The number of aromatic nitrogens is 1. The average Bonchev–Trinajstić information content (AvgIpc) is 3.11. The van der Waals surface area contributed by atoms with Crippen molar-refractivity contribution in [2.75, 3.05) is 20.8 Å². The monoisotopic (exact) mass is 716 g/mol. The van der Waals surface area contributed by atoms with Gasteiger partial charge in [0.25, 0.3) is 0 Å². The van der Waals surface area contributed by atoms with Crippen LogP contribution in [0.3, 0.4) is 0 Å². The van der Waals surface area contributed by atoms with Crippen LogP contribution < -0.4 is 24.3 Å². The number of pyridine rings is 1. The largest absolute Gasteiger partial charge is 0.496 e. The Morgan fingerprint density at radius 2 is 1.37 bits per heavy atom. The third-order valence-electron chi connectivity index (χ3n) is 8.82. The Morgan fingerprint density at radius 1 is 0.750 bits per heavy atom. The molecule has 0 bridgehead atoms. The van der Waals surface area contributed by atoms with Crippen molar-refractivity contribution in [2.45, 2.75) is 77.9 Å². The minimum atomic E-state index is -1.06. The van der Waals surface area contributed by atoms with Crippen LogP contribution in [0.15, 0.2) is 66.7 Å². The summed E-state index contributed by atoms with van der Waals surface area (Å²) in [6.45, 7) is 5.25. The van der Waals surface area contributed by atoms with E-state index in [0.29, 0.717) is 55.7 Å². The van der Waals surface area contributed by atoms with Crippen molar-refractivity contribution in [3.8, 4) is 34.4 Å². The van der Waals surface area contributed by atoms with Crippen molar-refractivity contribution < 1.29 is 49.0 Å². The number of aliphatic carboxylic acids is 2. The molecule has 1 heterocycles. The first-order chi connectivity index (χ1) is 25.0. The van der Waals surface area contributed by atoms with Crippen molar-refractivity contribution in [3.05, 3.63) is 100 Å². The van der Waals surface area contributed by atoms with E-state index in [9.17, 15) is 19.8 Å². The summed E-state index contributed by atoms with van der Waals surface area (Å²) in [5, 5.41) is 40.4. The predicted molar refractivity (Wildman–Crippen MR) is 195 cm³/mol. The summed E-state index contributed by atoms with van der Waals surface area (Å²) in [5.74, 6) is 0.0374. The quantitative estimate of drug-likeness (QED) is 0.0720. The smallest absolute Gasteiger partial charge is 0.306 e. The average molecular weight is 717 g/mol. The molecule has 278 valence electrons. The number of carboxylic acids is 2. The van der Waals surface area contributed by atoms with Crippen molar-refractivity contribution in [1.82, 2.24) is 10.3 Å². The third kappa shape index (κ3) is 11.4. The molecule has 0 spiro atoms. The maximum absolute atomic E-state index is 10.8. The van der Waals surface area contributed by atoms with Gasteiger partial charge in [0.05, 0.1) is 39.3 Å².